The Morgan fingerprint density at radius 1 is 1.50 bits per heavy atom. The molecule has 2 aromatic rings. The van der Waals surface area contributed by atoms with E-state index in [9.17, 15) is 0 Å². The molecule has 94 valence electrons. The van der Waals surface area contributed by atoms with Crippen molar-refractivity contribution >= 4 is 16.6 Å². The van der Waals surface area contributed by atoms with Gasteiger partial charge in [-0.1, -0.05) is 32.6 Å². The molecule has 3 rings (SSSR count). The van der Waals surface area contributed by atoms with Crippen LogP contribution in [0.3, 0.4) is 0 Å². The number of benzene rings is 1. The second-order valence-electron chi connectivity index (χ2n) is 5.17. The summed E-state index contributed by atoms with van der Waals surface area (Å²) >= 11 is 0. The lowest BCUT2D eigenvalue weighted by atomic mass is 10.0. The van der Waals surface area contributed by atoms with Gasteiger partial charge in [0.05, 0.1) is 24.0 Å². The van der Waals surface area contributed by atoms with E-state index in [1.54, 1.807) is 0 Å². The van der Waals surface area contributed by atoms with Gasteiger partial charge in [-0.15, -0.1) is 0 Å². The number of rotatable bonds is 3. The molecule has 0 aliphatic carbocycles. The number of aromatic nitrogens is 2. The second kappa shape index (κ2) is 4.25. The van der Waals surface area contributed by atoms with Crippen LogP contribution in [0.25, 0.3) is 16.6 Å². The molecular weight excluding hydrogens is 224 g/mol. The summed E-state index contributed by atoms with van der Waals surface area (Å²) in [4.78, 5) is 0. The second-order valence-corrected chi connectivity index (χ2v) is 5.17. The van der Waals surface area contributed by atoms with Gasteiger partial charge in [-0.25, -0.2) is 4.68 Å². The molecule has 1 fully saturated rings. The average molecular weight is 242 g/mol. The monoisotopic (exact) mass is 242 g/mol. The molecule has 0 spiro atoms. The highest BCUT2D eigenvalue weighted by Crippen LogP contribution is 2.27. The van der Waals surface area contributed by atoms with Gasteiger partial charge < -0.3 is 4.74 Å². The van der Waals surface area contributed by atoms with Crippen molar-refractivity contribution in [3.8, 4) is 0 Å². The van der Waals surface area contributed by atoms with E-state index in [2.05, 4.69) is 43.7 Å². The first kappa shape index (κ1) is 11.5. The molecule has 1 aromatic carbocycles. The standard InChI is InChI=1S/C15H18N2O/c1-10(2)12-4-5-13-9-16-17(14(13)8-12)11(3)15-6-7-18-15/h4-5,8-10,15H,3,6-7H2,1-2H3. The normalized spacial score (nSPS) is 19.2. The highest BCUT2D eigenvalue weighted by atomic mass is 16.5. The lowest BCUT2D eigenvalue weighted by Crippen LogP contribution is -2.30. The van der Waals surface area contributed by atoms with Crippen LogP contribution in [-0.2, 0) is 4.74 Å². The van der Waals surface area contributed by atoms with Crippen LogP contribution in [-0.4, -0.2) is 22.5 Å². The zero-order chi connectivity index (χ0) is 12.7. The molecule has 1 atom stereocenters. The molecule has 0 radical (unpaired) electrons. The van der Waals surface area contributed by atoms with Crippen LogP contribution in [0.4, 0.5) is 0 Å². The smallest absolute Gasteiger partial charge is 0.101 e. The van der Waals surface area contributed by atoms with Gasteiger partial charge in [0, 0.05) is 11.8 Å². The number of fused-ring (bicyclic) bond motifs is 1. The molecule has 3 nitrogen and oxygen atoms in total. The predicted molar refractivity (Wildman–Crippen MR) is 73.5 cm³/mol. The summed E-state index contributed by atoms with van der Waals surface area (Å²) in [6.07, 6.45) is 3.07. The average Bonchev–Trinajstić information content (AvgIpc) is 2.68. The van der Waals surface area contributed by atoms with Crippen molar-refractivity contribution in [2.24, 2.45) is 0 Å². The Labute approximate surface area is 107 Å². The third kappa shape index (κ3) is 1.75. The summed E-state index contributed by atoms with van der Waals surface area (Å²) in [5, 5.41) is 5.59. The van der Waals surface area contributed by atoms with Crippen LogP contribution in [0, 0.1) is 0 Å². The molecule has 1 aliphatic rings. The van der Waals surface area contributed by atoms with Gasteiger partial charge >= 0.3 is 0 Å². The van der Waals surface area contributed by atoms with E-state index in [0.29, 0.717) is 5.92 Å². The van der Waals surface area contributed by atoms with Crippen LogP contribution in [0.15, 0.2) is 31.0 Å². The first-order chi connectivity index (χ1) is 8.66. The molecule has 0 N–H and O–H groups in total. The molecule has 1 saturated heterocycles. The summed E-state index contributed by atoms with van der Waals surface area (Å²) in [5.74, 6) is 0.519. The van der Waals surface area contributed by atoms with Crippen LogP contribution in [0.1, 0.15) is 31.7 Å². The lowest BCUT2D eigenvalue weighted by molar-refractivity contribution is -0.0150. The molecule has 1 aromatic heterocycles. The molecular formula is C15H18N2O. The minimum atomic E-state index is 0.135. The maximum absolute atomic E-state index is 5.48. The van der Waals surface area contributed by atoms with E-state index in [1.165, 1.54) is 5.56 Å². The molecule has 0 amide bonds. The van der Waals surface area contributed by atoms with Gasteiger partial charge in [0.25, 0.3) is 0 Å². The lowest BCUT2D eigenvalue weighted by Gasteiger charge is -2.28. The number of hydrogen-bond donors (Lipinski definition) is 0. The Hall–Kier alpha value is -1.61. The van der Waals surface area contributed by atoms with Crippen LogP contribution >= 0.6 is 0 Å². The SMILES string of the molecule is C=C(C1CCO1)n1ncc2ccc(C(C)C)cc21. The first-order valence-electron chi connectivity index (χ1n) is 6.45. The van der Waals surface area contributed by atoms with E-state index in [1.807, 2.05) is 10.9 Å². The fourth-order valence-corrected chi connectivity index (χ4v) is 2.26. The van der Waals surface area contributed by atoms with Gasteiger partial charge in [0.1, 0.15) is 6.10 Å². The quantitative estimate of drug-likeness (QED) is 0.824. The Balaban J connectivity index is 2.05. The Kier molecular flexibility index (Phi) is 2.71. The van der Waals surface area contributed by atoms with Crippen LogP contribution in [0.5, 0.6) is 0 Å². The Bertz CT molecular complexity index is 594. The highest BCUT2D eigenvalue weighted by molar-refractivity contribution is 5.82. The van der Waals surface area contributed by atoms with E-state index in [4.69, 9.17) is 4.74 Å². The summed E-state index contributed by atoms with van der Waals surface area (Å²) in [6, 6.07) is 6.50. The number of ether oxygens (including phenoxy) is 1. The van der Waals surface area contributed by atoms with Gasteiger partial charge in [-0.3, -0.25) is 0 Å². The fraction of sp³-hybridized carbons (Fsp3) is 0.400. The fourth-order valence-electron chi connectivity index (χ4n) is 2.26. The summed E-state index contributed by atoms with van der Waals surface area (Å²) < 4.78 is 7.40. The Morgan fingerprint density at radius 2 is 2.28 bits per heavy atom. The van der Waals surface area contributed by atoms with E-state index < -0.39 is 0 Å². The molecule has 0 bridgehead atoms. The molecule has 18 heavy (non-hydrogen) atoms. The van der Waals surface area contributed by atoms with E-state index >= 15 is 0 Å². The van der Waals surface area contributed by atoms with E-state index in [-0.39, 0.29) is 6.10 Å². The summed E-state index contributed by atoms with van der Waals surface area (Å²) in [7, 11) is 0. The largest absolute Gasteiger partial charge is 0.372 e. The van der Waals surface area contributed by atoms with Crippen molar-refractivity contribution in [1.29, 1.82) is 0 Å². The van der Waals surface area contributed by atoms with Crippen molar-refractivity contribution in [3.63, 3.8) is 0 Å². The molecule has 2 heterocycles. The van der Waals surface area contributed by atoms with Gasteiger partial charge in [0.2, 0.25) is 0 Å². The predicted octanol–water partition coefficient (Wildman–Crippen LogP) is 3.42. The van der Waals surface area contributed by atoms with Crippen molar-refractivity contribution < 1.29 is 4.74 Å². The molecule has 0 saturated carbocycles. The van der Waals surface area contributed by atoms with Crippen molar-refractivity contribution in [3.05, 3.63) is 36.5 Å². The van der Waals surface area contributed by atoms with Gasteiger partial charge in [-0.2, -0.15) is 5.10 Å². The Morgan fingerprint density at radius 3 is 2.89 bits per heavy atom. The van der Waals surface area contributed by atoms with E-state index in [0.717, 1.165) is 29.6 Å². The zero-order valence-corrected chi connectivity index (χ0v) is 10.9. The first-order valence-corrected chi connectivity index (χ1v) is 6.45. The zero-order valence-electron chi connectivity index (χ0n) is 10.9. The third-order valence-electron chi connectivity index (χ3n) is 3.60. The van der Waals surface area contributed by atoms with Crippen molar-refractivity contribution in [2.45, 2.75) is 32.3 Å². The third-order valence-corrected chi connectivity index (χ3v) is 3.60. The summed E-state index contributed by atoms with van der Waals surface area (Å²) in [5.41, 5.74) is 3.39. The maximum Gasteiger partial charge on any atom is 0.101 e. The number of hydrogen-bond acceptors (Lipinski definition) is 2. The maximum atomic E-state index is 5.48. The molecule has 1 unspecified atom stereocenters. The van der Waals surface area contributed by atoms with Crippen molar-refractivity contribution in [1.82, 2.24) is 9.78 Å². The molecule has 3 heteroatoms. The van der Waals surface area contributed by atoms with Crippen LogP contribution in [0.2, 0.25) is 0 Å². The minimum absolute atomic E-state index is 0.135. The number of nitrogens with zero attached hydrogens (tertiary/aromatic N) is 2. The van der Waals surface area contributed by atoms with Crippen LogP contribution < -0.4 is 0 Å². The van der Waals surface area contributed by atoms with Gasteiger partial charge in [-0.05, 0) is 17.5 Å². The van der Waals surface area contributed by atoms with Crippen molar-refractivity contribution in [2.75, 3.05) is 6.61 Å². The minimum Gasteiger partial charge on any atom is -0.372 e. The molecule has 1 aliphatic heterocycles. The highest BCUT2D eigenvalue weighted by Gasteiger charge is 2.24. The summed E-state index contributed by atoms with van der Waals surface area (Å²) in [6.45, 7) is 9.35. The van der Waals surface area contributed by atoms with Gasteiger partial charge in [0.15, 0.2) is 0 Å². The topological polar surface area (TPSA) is 27.1 Å².